The summed E-state index contributed by atoms with van der Waals surface area (Å²) in [6, 6.07) is 15.0. The summed E-state index contributed by atoms with van der Waals surface area (Å²) >= 11 is 0. The van der Waals surface area contributed by atoms with Gasteiger partial charge in [0, 0.05) is 11.8 Å². The molecule has 21 heavy (non-hydrogen) atoms. The lowest BCUT2D eigenvalue weighted by molar-refractivity contribution is 0.463. The molecule has 4 nitrogen and oxygen atoms in total. The van der Waals surface area contributed by atoms with Crippen LogP contribution in [0.15, 0.2) is 42.5 Å². The molecule has 0 amide bonds. The Labute approximate surface area is 124 Å². The number of benzene rings is 2. The standard InChI is InChI=1S/C16H15NO3S/c17-10-9-16(7-8-16)12-21(18,19)20-15-6-5-13-3-1-2-4-14(13)11-15/h1-6,11H,7-9,12H2. The molecule has 0 aromatic heterocycles. The Morgan fingerprint density at radius 1 is 1.14 bits per heavy atom. The van der Waals surface area contributed by atoms with E-state index < -0.39 is 10.1 Å². The van der Waals surface area contributed by atoms with Gasteiger partial charge in [-0.05, 0) is 35.7 Å². The highest BCUT2D eigenvalue weighted by Gasteiger charge is 2.46. The van der Waals surface area contributed by atoms with Crippen LogP contribution in [-0.2, 0) is 10.1 Å². The highest BCUT2D eigenvalue weighted by molar-refractivity contribution is 7.87. The van der Waals surface area contributed by atoms with Crippen LogP contribution < -0.4 is 4.18 Å². The number of hydrogen-bond donors (Lipinski definition) is 0. The Balaban J connectivity index is 1.79. The quantitative estimate of drug-likeness (QED) is 0.795. The third-order valence-corrected chi connectivity index (χ3v) is 5.25. The van der Waals surface area contributed by atoms with Gasteiger partial charge in [-0.2, -0.15) is 13.7 Å². The van der Waals surface area contributed by atoms with Crippen molar-refractivity contribution in [1.29, 1.82) is 5.26 Å². The van der Waals surface area contributed by atoms with Crippen molar-refractivity contribution >= 4 is 20.9 Å². The van der Waals surface area contributed by atoms with Crippen LogP contribution >= 0.6 is 0 Å². The minimum Gasteiger partial charge on any atom is -0.382 e. The number of hydrogen-bond acceptors (Lipinski definition) is 4. The minimum atomic E-state index is -3.67. The molecule has 3 rings (SSSR count). The van der Waals surface area contributed by atoms with Gasteiger partial charge in [0.05, 0.1) is 11.8 Å². The molecule has 2 aromatic rings. The largest absolute Gasteiger partial charge is 0.382 e. The third-order valence-electron chi connectivity index (χ3n) is 3.84. The molecule has 1 fully saturated rings. The van der Waals surface area contributed by atoms with Crippen LogP contribution in [0.25, 0.3) is 10.8 Å². The fraction of sp³-hybridized carbons (Fsp3) is 0.312. The normalized spacial score (nSPS) is 16.3. The molecule has 1 saturated carbocycles. The fourth-order valence-electron chi connectivity index (χ4n) is 2.49. The topological polar surface area (TPSA) is 67.2 Å². The first-order valence-electron chi connectivity index (χ1n) is 6.80. The number of fused-ring (bicyclic) bond motifs is 1. The first-order valence-corrected chi connectivity index (χ1v) is 8.38. The van der Waals surface area contributed by atoms with Crippen LogP contribution in [0, 0.1) is 16.7 Å². The van der Waals surface area contributed by atoms with Crippen LogP contribution in [-0.4, -0.2) is 14.2 Å². The highest BCUT2D eigenvalue weighted by Crippen LogP contribution is 2.49. The summed E-state index contributed by atoms with van der Waals surface area (Å²) in [5.74, 6) is 0.238. The van der Waals surface area contributed by atoms with E-state index in [0.717, 1.165) is 23.6 Å². The molecule has 5 heteroatoms. The highest BCUT2D eigenvalue weighted by atomic mass is 32.2. The predicted octanol–water partition coefficient (Wildman–Crippen LogP) is 3.24. The van der Waals surface area contributed by atoms with Crippen LogP contribution in [0.1, 0.15) is 19.3 Å². The number of nitriles is 1. The van der Waals surface area contributed by atoms with E-state index in [4.69, 9.17) is 9.44 Å². The zero-order valence-corrected chi connectivity index (χ0v) is 12.3. The van der Waals surface area contributed by atoms with Crippen molar-refractivity contribution in [2.45, 2.75) is 19.3 Å². The molecule has 108 valence electrons. The van der Waals surface area contributed by atoms with Crippen molar-refractivity contribution in [2.24, 2.45) is 5.41 Å². The maximum Gasteiger partial charge on any atom is 0.309 e. The average Bonchev–Trinajstić information content (AvgIpc) is 3.17. The van der Waals surface area contributed by atoms with Gasteiger partial charge in [-0.25, -0.2) is 0 Å². The second-order valence-electron chi connectivity index (χ2n) is 5.63. The van der Waals surface area contributed by atoms with Gasteiger partial charge in [0.2, 0.25) is 0 Å². The second-order valence-corrected chi connectivity index (χ2v) is 7.20. The monoisotopic (exact) mass is 301 g/mol. The van der Waals surface area contributed by atoms with Crippen molar-refractivity contribution in [3.8, 4) is 11.8 Å². The third kappa shape index (κ3) is 3.17. The molecule has 1 aliphatic rings. The van der Waals surface area contributed by atoms with E-state index in [1.165, 1.54) is 0 Å². The molecule has 0 aliphatic heterocycles. The van der Waals surface area contributed by atoms with Crippen LogP contribution in [0.5, 0.6) is 5.75 Å². The molecular weight excluding hydrogens is 286 g/mol. The van der Waals surface area contributed by atoms with E-state index >= 15 is 0 Å². The molecule has 2 aromatic carbocycles. The molecule has 0 radical (unpaired) electrons. The van der Waals surface area contributed by atoms with Gasteiger partial charge in [0.25, 0.3) is 0 Å². The summed E-state index contributed by atoms with van der Waals surface area (Å²) in [5.41, 5.74) is -0.384. The van der Waals surface area contributed by atoms with Gasteiger partial charge >= 0.3 is 10.1 Å². The molecular formula is C16H15NO3S. The van der Waals surface area contributed by atoms with Gasteiger partial charge in [-0.15, -0.1) is 0 Å². The zero-order chi connectivity index (χ0) is 14.9. The maximum absolute atomic E-state index is 12.1. The molecule has 0 saturated heterocycles. The number of rotatable bonds is 5. The van der Waals surface area contributed by atoms with E-state index in [1.807, 2.05) is 30.3 Å². The predicted molar refractivity (Wildman–Crippen MR) is 80.3 cm³/mol. The van der Waals surface area contributed by atoms with E-state index in [0.29, 0.717) is 5.75 Å². The molecule has 0 bridgehead atoms. The van der Waals surface area contributed by atoms with Crippen LogP contribution in [0.3, 0.4) is 0 Å². The van der Waals surface area contributed by atoms with Crippen molar-refractivity contribution in [3.63, 3.8) is 0 Å². The van der Waals surface area contributed by atoms with Gasteiger partial charge in [0.15, 0.2) is 0 Å². The minimum absolute atomic E-state index is 0.0829. The van der Waals surface area contributed by atoms with Crippen molar-refractivity contribution in [2.75, 3.05) is 5.75 Å². The molecule has 0 unspecified atom stereocenters. The van der Waals surface area contributed by atoms with Crippen molar-refractivity contribution < 1.29 is 12.6 Å². The Bertz CT molecular complexity index is 817. The molecule has 1 aliphatic carbocycles. The van der Waals surface area contributed by atoms with Crippen molar-refractivity contribution in [1.82, 2.24) is 0 Å². The van der Waals surface area contributed by atoms with E-state index in [1.54, 1.807) is 12.1 Å². The Hall–Kier alpha value is -2.06. The fourth-order valence-corrected chi connectivity index (χ4v) is 4.08. The van der Waals surface area contributed by atoms with Gasteiger partial charge in [0.1, 0.15) is 5.75 Å². The summed E-state index contributed by atoms with van der Waals surface area (Å²) in [6.07, 6.45) is 1.83. The summed E-state index contributed by atoms with van der Waals surface area (Å²) in [5, 5.41) is 10.7. The van der Waals surface area contributed by atoms with E-state index in [-0.39, 0.29) is 17.6 Å². The summed E-state index contributed by atoms with van der Waals surface area (Å²) < 4.78 is 29.5. The van der Waals surface area contributed by atoms with Gasteiger partial charge in [-0.3, -0.25) is 0 Å². The lowest BCUT2D eigenvalue weighted by Gasteiger charge is -2.12. The van der Waals surface area contributed by atoms with E-state index in [2.05, 4.69) is 6.07 Å². The van der Waals surface area contributed by atoms with Crippen molar-refractivity contribution in [3.05, 3.63) is 42.5 Å². The first kappa shape index (κ1) is 13.9. The summed E-state index contributed by atoms with van der Waals surface area (Å²) in [4.78, 5) is 0. The molecule has 0 N–H and O–H groups in total. The van der Waals surface area contributed by atoms with Crippen LogP contribution in [0.2, 0.25) is 0 Å². The second kappa shape index (κ2) is 5.05. The summed E-state index contributed by atoms with van der Waals surface area (Å²) in [7, 11) is -3.67. The maximum atomic E-state index is 12.1. The molecule has 0 atom stereocenters. The molecule has 0 heterocycles. The smallest absolute Gasteiger partial charge is 0.309 e. The van der Waals surface area contributed by atoms with Gasteiger partial charge < -0.3 is 4.18 Å². The average molecular weight is 301 g/mol. The molecule has 0 spiro atoms. The summed E-state index contributed by atoms with van der Waals surface area (Å²) in [6.45, 7) is 0. The van der Waals surface area contributed by atoms with E-state index in [9.17, 15) is 8.42 Å². The Kier molecular flexibility index (Phi) is 3.34. The SMILES string of the molecule is N#CCC1(CS(=O)(=O)Oc2ccc3ccccc3c2)CC1. The Morgan fingerprint density at radius 2 is 1.86 bits per heavy atom. The first-order chi connectivity index (χ1) is 10.0. The zero-order valence-electron chi connectivity index (χ0n) is 11.5. The van der Waals surface area contributed by atoms with Gasteiger partial charge in [-0.1, -0.05) is 30.3 Å². The lowest BCUT2D eigenvalue weighted by Crippen LogP contribution is -2.21. The lowest BCUT2D eigenvalue weighted by atomic mass is 10.1. The van der Waals surface area contributed by atoms with Crippen LogP contribution in [0.4, 0.5) is 0 Å². The Morgan fingerprint density at radius 3 is 2.52 bits per heavy atom. The number of nitrogens with zero attached hydrogens (tertiary/aromatic N) is 1.